The summed E-state index contributed by atoms with van der Waals surface area (Å²) in [5.41, 5.74) is 2.04. The van der Waals surface area contributed by atoms with Crippen LogP contribution in [0.1, 0.15) is 31.9 Å². The molecule has 0 unspecified atom stereocenters. The average molecular weight is 244 g/mol. The topological polar surface area (TPSA) is 18.5 Å². The molecule has 0 fully saturated rings. The van der Waals surface area contributed by atoms with Gasteiger partial charge in [0.15, 0.2) is 0 Å². The molecule has 96 valence electrons. The second-order valence-electron chi connectivity index (χ2n) is 4.47. The predicted octanol–water partition coefficient (Wildman–Crippen LogP) is 3.89. The predicted molar refractivity (Wildman–Crippen MR) is 74.3 cm³/mol. The first-order valence-electron chi connectivity index (χ1n) is 6.02. The molecule has 1 rings (SSSR count). The molecule has 0 N–H and O–H groups in total. The third-order valence-electron chi connectivity index (χ3n) is 2.25. The summed E-state index contributed by atoms with van der Waals surface area (Å²) in [6.45, 7) is 8.01. The van der Waals surface area contributed by atoms with Crippen molar-refractivity contribution in [2.45, 2.75) is 27.7 Å². The van der Waals surface area contributed by atoms with Crippen LogP contribution in [0.2, 0.25) is 0 Å². The highest BCUT2D eigenvalue weighted by molar-refractivity contribution is 5.44. The maximum atomic E-state index is 5.70. The summed E-state index contributed by atoms with van der Waals surface area (Å²) in [5.74, 6) is 8.18. The van der Waals surface area contributed by atoms with Crippen molar-refractivity contribution < 1.29 is 9.47 Å². The molecule has 1 aromatic rings. The third kappa shape index (κ3) is 4.55. The number of hydrogen-bond donors (Lipinski definition) is 0. The molecule has 1 aromatic carbocycles. The molecule has 0 aliphatic carbocycles. The van der Waals surface area contributed by atoms with Crippen LogP contribution >= 0.6 is 0 Å². The number of benzene rings is 1. The smallest absolute Gasteiger partial charge is 0.135 e. The molecule has 0 spiro atoms. The van der Waals surface area contributed by atoms with Crippen molar-refractivity contribution in [1.29, 1.82) is 0 Å². The van der Waals surface area contributed by atoms with Gasteiger partial charge < -0.3 is 9.47 Å². The summed E-state index contributed by atoms with van der Waals surface area (Å²) < 4.78 is 10.6. The zero-order chi connectivity index (χ0) is 13.5. The largest absolute Gasteiger partial charge is 0.501 e. The molecule has 0 atom stereocenters. The molecule has 0 saturated heterocycles. The van der Waals surface area contributed by atoms with Crippen LogP contribution in [0.15, 0.2) is 30.2 Å². The van der Waals surface area contributed by atoms with Crippen molar-refractivity contribution in [3.63, 3.8) is 0 Å². The molecule has 0 aliphatic rings. The maximum absolute atomic E-state index is 5.70. The molecule has 0 heterocycles. The third-order valence-corrected chi connectivity index (χ3v) is 2.25. The number of ether oxygens (including phenoxy) is 2. The number of hydrogen-bond acceptors (Lipinski definition) is 2. The fourth-order valence-corrected chi connectivity index (χ4v) is 1.38. The molecule has 0 saturated carbocycles. The van der Waals surface area contributed by atoms with Gasteiger partial charge >= 0.3 is 0 Å². The van der Waals surface area contributed by atoms with Gasteiger partial charge in [0.05, 0.1) is 7.11 Å². The minimum Gasteiger partial charge on any atom is -0.501 e. The maximum Gasteiger partial charge on any atom is 0.135 e. The molecule has 2 nitrogen and oxygen atoms in total. The fourth-order valence-electron chi connectivity index (χ4n) is 1.38. The molecule has 0 aliphatic heterocycles. The summed E-state index contributed by atoms with van der Waals surface area (Å²) in [4.78, 5) is 0. The minimum absolute atomic E-state index is 0.366. The van der Waals surface area contributed by atoms with Gasteiger partial charge in [0.2, 0.25) is 0 Å². The van der Waals surface area contributed by atoms with Crippen LogP contribution in [-0.2, 0) is 4.74 Å². The summed E-state index contributed by atoms with van der Waals surface area (Å²) in [7, 11) is 1.60. The number of allylic oxidation sites excluding steroid dienone is 1. The molecule has 0 bridgehead atoms. The van der Waals surface area contributed by atoms with Crippen molar-refractivity contribution in [1.82, 2.24) is 0 Å². The monoisotopic (exact) mass is 244 g/mol. The van der Waals surface area contributed by atoms with Crippen LogP contribution in [0.4, 0.5) is 0 Å². The van der Waals surface area contributed by atoms with E-state index in [4.69, 9.17) is 9.47 Å². The number of rotatable bonds is 3. The molecule has 2 heteroatoms. The average Bonchev–Trinajstić information content (AvgIpc) is 2.30. The zero-order valence-corrected chi connectivity index (χ0v) is 11.7. The van der Waals surface area contributed by atoms with E-state index in [0.29, 0.717) is 5.92 Å². The zero-order valence-electron chi connectivity index (χ0n) is 11.7. The Balaban J connectivity index is 2.96. The quantitative estimate of drug-likeness (QED) is 0.593. The van der Waals surface area contributed by atoms with Crippen LogP contribution in [-0.4, -0.2) is 7.11 Å². The van der Waals surface area contributed by atoms with E-state index in [1.54, 1.807) is 13.4 Å². The van der Waals surface area contributed by atoms with Crippen molar-refractivity contribution in [3.8, 4) is 17.6 Å². The summed E-state index contributed by atoms with van der Waals surface area (Å²) in [6.07, 6.45) is 1.58. The van der Waals surface area contributed by atoms with Gasteiger partial charge in [-0.2, -0.15) is 0 Å². The molecule has 0 aromatic heterocycles. The lowest BCUT2D eigenvalue weighted by molar-refractivity contribution is 0.304. The van der Waals surface area contributed by atoms with Gasteiger partial charge in [-0.1, -0.05) is 31.8 Å². The lowest BCUT2D eigenvalue weighted by Crippen LogP contribution is -1.94. The van der Waals surface area contributed by atoms with Gasteiger partial charge in [-0.25, -0.2) is 0 Å². The molecule has 18 heavy (non-hydrogen) atoms. The van der Waals surface area contributed by atoms with Crippen molar-refractivity contribution in [2.75, 3.05) is 7.11 Å². The SMILES string of the molecule is CO/C=C(\C)Oc1cc(C#CC(C)C)ccc1C. The van der Waals surface area contributed by atoms with Crippen LogP contribution < -0.4 is 4.74 Å². The lowest BCUT2D eigenvalue weighted by atomic mass is 10.1. The first-order valence-corrected chi connectivity index (χ1v) is 6.02. The fraction of sp³-hybridized carbons (Fsp3) is 0.375. The van der Waals surface area contributed by atoms with E-state index in [1.165, 1.54) is 0 Å². The molecule has 0 radical (unpaired) electrons. The highest BCUT2D eigenvalue weighted by atomic mass is 16.5. The first kappa shape index (κ1) is 14.2. The van der Waals surface area contributed by atoms with E-state index in [9.17, 15) is 0 Å². The molecule has 0 amide bonds. The van der Waals surface area contributed by atoms with Crippen molar-refractivity contribution in [3.05, 3.63) is 41.3 Å². The Bertz CT molecular complexity index is 488. The van der Waals surface area contributed by atoms with Crippen LogP contribution in [0.25, 0.3) is 0 Å². The van der Waals surface area contributed by atoms with E-state index in [-0.39, 0.29) is 0 Å². The van der Waals surface area contributed by atoms with Gasteiger partial charge in [0.1, 0.15) is 17.8 Å². The Morgan fingerprint density at radius 1 is 1.33 bits per heavy atom. The standard InChI is InChI=1S/C16H20O2/c1-12(2)6-8-15-9-7-13(3)16(10-15)18-14(4)11-17-5/h7,9-12H,1-5H3/b14-11+. The normalized spacial score (nSPS) is 10.9. The Hall–Kier alpha value is -1.88. The minimum atomic E-state index is 0.366. The summed E-state index contributed by atoms with van der Waals surface area (Å²) >= 11 is 0. The molecular weight excluding hydrogens is 224 g/mol. The summed E-state index contributed by atoms with van der Waals surface area (Å²) in [6, 6.07) is 5.98. The second kappa shape index (κ2) is 6.76. The van der Waals surface area contributed by atoms with Gasteiger partial charge in [-0.05, 0) is 31.5 Å². The van der Waals surface area contributed by atoms with E-state index in [2.05, 4.69) is 25.7 Å². The van der Waals surface area contributed by atoms with E-state index < -0.39 is 0 Å². The Labute approximate surface area is 110 Å². The van der Waals surface area contributed by atoms with Crippen LogP contribution in [0.3, 0.4) is 0 Å². The Morgan fingerprint density at radius 3 is 2.67 bits per heavy atom. The van der Waals surface area contributed by atoms with E-state index in [1.807, 2.05) is 32.0 Å². The van der Waals surface area contributed by atoms with Crippen LogP contribution in [0, 0.1) is 24.7 Å². The Kier molecular flexibility index (Phi) is 5.32. The highest BCUT2D eigenvalue weighted by Crippen LogP contribution is 2.21. The number of aryl methyl sites for hydroxylation is 1. The summed E-state index contributed by atoms with van der Waals surface area (Å²) in [5, 5.41) is 0. The lowest BCUT2D eigenvalue weighted by Gasteiger charge is -2.09. The van der Waals surface area contributed by atoms with Gasteiger partial charge in [0, 0.05) is 11.5 Å². The van der Waals surface area contributed by atoms with Gasteiger partial charge in [-0.3, -0.25) is 0 Å². The van der Waals surface area contributed by atoms with Crippen molar-refractivity contribution >= 4 is 0 Å². The van der Waals surface area contributed by atoms with Crippen molar-refractivity contribution in [2.24, 2.45) is 5.92 Å². The molecular formula is C16H20O2. The second-order valence-corrected chi connectivity index (χ2v) is 4.47. The van der Waals surface area contributed by atoms with E-state index in [0.717, 1.165) is 22.6 Å². The van der Waals surface area contributed by atoms with Crippen LogP contribution in [0.5, 0.6) is 5.75 Å². The van der Waals surface area contributed by atoms with E-state index >= 15 is 0 Å². The highest BCUT2D eigenvalue weighted by Gasteiger charge is 2.02. The number of methoxy groups -OCH3 is 1. The van der Waals surface area contributed by atoms with Gasteiger partial charge in [0.25, 0.3) is 0 Å². The van der Waals surface area contributed by atoms with Gasteiger partial charge in [-0.15, -0.1) is 0 Å². The first-order chi connectivity index (χ1) is 8.52. The Morgan fingerprint density at radius 2 is 2.06 bits per heavy atom.